The number of nitrogens with two attached hydrogens (primary N) is 1. The summed E-state index contributed by atoms with van der Waals surface area (Å²) >= 11 is 0. The standard InChI is InChI=1S/C28H56N2O13/c1-33-27(31)3-9-35-15-21-41-24-18-38-12-6-30(8-14-40-20-26-43-23-17-37-11-5-29)7-13-39-19-25-42-22-16-36-10-4-28(32)34-2/h3-26,29H2,1-2H3. The Morgan fingerprint density at radius 3 is 0.953 bits per heavy atom. The fourth-order valence-electron chi connectivity index (χ4n) is 3.14. The molecule has 0 radical (unpaired) electrons. The molecule has 2 N–H and O–H groups in total. The van der Waals surface area contributed by atoms with Gasteiger partial charge >= 0.3 is 11.9 Å². The van der Waals surface area contributed by atoms with Crippen molar-refractivity contribution in [3.8, 4) is 0 Å². The third-order valence-corrected chi connectivity index (χ3v) is 5.51. The van der Waals surface area contributed by atoms with Gasteiger partial charge in [0.05, 0.1) is 146 Å². The predicted octanol–water partition coefficient (Wildman–Crippen LogP) is -0.477. The molecule has 256 valence electrons. The van der Waals surface area contributed by atoms with E-state index in [1.165, 1.54) is 14.2 Å². The minimum absolute atomic E-state index is 0.231. The predicted molar refractivity (Wildman–Crippen MR) is 156 cm³/mol. The monoisotopic (exact) mass is 628 g/mol. The number of carbonyl (C=O) groups is 2. The summed E-state index contributed by atoms with van der Waals surface area (Å²) in [6, 6.07) is 0. The van der Waals surface area contributed by atoms with Gasteiger partial charge in [0.15, 0.2) is 0 Å². The van der Waals surface area contributed by atoms with Gasteiger partial charge in [-0.15, -0.1) is 0 Å². The summed E-state index contributed by atoms with van der Waals surface area (Å²) < 4.78 is 58.6. The molecule has 0 aliphatic heterocycles. The smallest absolute Gasteiger partial charge is 0.307 e. The molecule has 15 nitrogen and oxygen atoms in total. The topological polar surface area (TPSA) is 165 Å². The SMILES string of the molecule is COC(=O)CCOCCOCCOCCN(CCOCCOCCOCCN)CCOCCOCCOCCC(=O)OC. The van der Waals surface area contributed by atoms with Gasteiger partial charge in [0.25, 0.3) is 0 Å². The molecule has 0 aromatic rings. The average Bonchev–Trinajstić information content (AvgIpc) is 3.02. The van der Waals surface area contributed by atoms with Gasteiger partial charge < -0.3 is 57.8 Å². The van der Waals surface area contributed by atoms with Crippen molar-refractivity contribution in [1.82, 2.24) is 4.90 Å². The van der Waals surface area contributed by atoms with E-state index in [9.17, 15) is 9.59 Å². The van der Waals surface area contributed by atoms with Gasteiger partial charge in [-0.3, -0.25) is 14.5 Å². The van der Waals surface area contributed by atoms with Crippen LogP contribution in [0, 0.1) is 0 Å². The van der Waals surface area contributed by atoms with Gasteiger partial charge in [0.1, 0.15) is 0 Å². The zero-order valence-electron chi connectivity index (χ0n) is 26.3. The quantitative estimate of drug-likeness (QED) is 0.0706. The van der Waals surface area contributed by atoms with Crippen LogP contribution in [0.2, 0.25) is 0 Å². The molecule has 0 bridgehead atoms. The molecule has 0 heterocycles. The molecular formula is C28H56N2O13. The second-order valence-electron chi connectivity index (χ2n) is 8.79. The maximum atomic E-state index is 11.0. The molecular weight excluding hydrogens is 572 g/mol. The molecule has 0 spiro atoms. The molecule has 0 aliphatic rings. The zero-order chi connectivity index (χ0) is 31.5. The van der Waals surface area contributed by atoms with Crippen LogP contribution in [0.3, 0.4) is 0 Å². The van der Waals surface area contributed by atoms with Crippen molar-refractivity contribution >= 4 is 11.9 Å². The van der Waals surface area contributed by atoms with E-state index < -0.39 is 0 Å². The maximum Gasteiger partial charge on any atom is 0.307 e. The summed E-state index contributed by atoms with van der Waals surface area (Å²) in [6.07, 6.45) is 0.462. The first-order chi connectivity index (χ1) is 21.1. The fourth-order valence-corrected chi connectivity index (χ4v) is 3.14. The molecule has 0 amide bonds. The second kappa shape index (κ2) is 35.0. The molecule has 0 unspecified atom stereocenters. The number of hydrogen-bond acceptors (Lipinski definition) is 15. The van der Waals surface area contributed by atoms with E-state index in [-0.39, 0.29) is 24.8 Å². The number of nitrogens with zero attached hydrogens (tertiary/aromatic N) is 1. The Kier molecular flexibility index (Phi) is 33.8. The number of ether oxygens (including phenoxy) is 11. The van der Waals surface area contributed by atoms with E-state index >= 15 is 0 Å². The molecule has 43 heavy (non-hydrogen) atoms. The van der Waals surface area contributed by atoms with Gasteiger partial charge in [-0.2, -0.15) is 0 Å². The lowest BCUT2D eigenvalue weighted by molar-refractivity contribution is -0.142. The number of esters is 2. The second-order valence-corrected chi connectivity index (χ2v) is 8.79. The first kappa shape index (κ1) is 41.5. The van der Waals surface area contributed by atoms with Crippen molar-refractivity contribution in [2.24, 2.45) is 5.73 Å². The number of hydrogen-bond donors (Lipinski definition) is 1. The lowest BCUT2D eigenvalue weighted by Crippen LogP contribution is -2.34. The van der Waals surface area contributed by atoms with E-state index in [1.54, 1.807) is 0 Å². The molecule has 0 atom stereocenters. The van der Waals surface area contributed by atoms with Crippen molar-refractivity contribution in [1.29, 1.82) is 0 Å². The van der Waals surface area contributed by atoms with Gasteiger partial charge in [-0.1, -0.05) is 0 Å². The Morgan fingerprint density at radius 2 is 0.674 bits per heavy atom. The van der Waals surface area contributed by atoms with Crippen molar-refractivity contribution < 1.29 is 61.7 Å². The van der Waals surface area contributed by atoms with Crippen molar-refractivity contribution in [2.75, 3.05) is 159 Å². The van der Waals surface area contributed by atoms with Crippen LogP contribution >= 0.6 is 0 Å². The third kappa shape index (κ3) is 33.2. The van der Waals surface area contributed by atoms with Crippen molar-refractivity contribution in [3.05, 3.63) is 0 Å². The largest absolute Gasteiger partial charge is 0.469 e. The Labute approximate surface area is 256 Å². The minimum atomic E-state index is -0.294. The molecule has 0 rings (SSSR count). The van der Waals surface area contributed by atoms with Gasteiger partial charge in [-0.05, 0) is 0 Å². The summed E-state index contributed by atoms with van der Waals surface area (Å²) in [6.45, 7) is 11.1. The van der Waals surface area contributed by atoms with Gasteiger partial charge in [0, 0.05) is 26.2 Å². The van der Waals surface area contributed by atoms with Crippen molar-refractivity contribution in [3.63, 3.8) is 0 Å². The molecule has 0 aromatic heterocycles. The van der Waals surface area contributed by atoms with Crippen LogP contribution in [0.5, 0.6) is 0 Å². The summed E-state index contributed by atoms with van der Waals surface area (Å²) in [5.41, 5.74) is 5.38. The highest BCUT2D eigenvalue weighted by Crippen LogP contribution is 1.94. The summed E-state index contributed by atoms with van der Waals surface area (Å²) in [7, 11) is 2.70. The van der Waals surface area contributed by atoms with Crippen LogP contribution in [-0.4, -0.2) is 176 Å². The molecule has 0 fully saturated rings. The summed E-state index contributed by atoms with van der Waals surface area (Å²) in [4.78, 5) is 24.2. The fraction of sp³-hybridized carbons (Fsp3) is 0.929. The van der Waals surface area contributed by atoms with E-state index in [1.807, 2.05) is 0 Å². The van der Waals surface area contributed by atoms with Gasteiger partial charge in [0.2, 0.25) is 0 Å². The summed E-state index contributed by atoms with van der Waals surface area (Å²) in [5.74, 6) is -0.589. The van der Waals surface area contributed by atoms with E-state index in [2.05, 4.69) is 14.4 Å². The Hall–Kier alpha value is -1.50. The minimum Gasteiger partial charge on any atom is -0.469 e. The molecule has 0 aliphatic carbocycles. The Morgan fingerprint density at radius 1 is 0.419 bits per heavy atom. The van der Waals surface area contributed by atoms with E-state index in [4.69, 9.17) is 48.4 Å². The Balaban J connectivity index is 3.94. The molecule has 0 aromatic carbocycles. The first-order valence-corrected chi connectivity index (χ1v) is 14.9. The average molecular weight is 629 g/mol. The van der Waals surface area contributed by atoms with Crippen molar-refractivity contribution in [2.45, 2.75) is 12.8 Å². The van der Waals surface area contributed by atoms with Crippen LogP contribution in [0.1, 0.15) is 12.8 Å². The lowest BCUT2D eigenvalue weighted by Gasteiger charge is -2.22. The van der Waals surface area contributed by atoms with Crippen LogP contribution in [-0.2, 0) is 61.7 Å². The Bertz CT molecular complexity index is 567. The number of carbonyl (C=O) groups excluding carboxylic acids is 2. The highest BCUT2D eigenvalue weighted by Gasteiger charge is 2.06. The summed E-state index contributed by atoms with van der Waals surface area (Å²) in [5, 5.41) is 0. The third-order valence-electron chi connectivity index (χ3n) is 5.51. The van der Waals surface area contributed by atoms with E-state index in [0.29, 0.717) is 125 Å². The zero-order valence-corrected chi connectivity index (χ0v) is 26.3. The molecule has 0 saturated carbocycles. The van der Waals surface area contributed by atoms with Gasteiger partial charge in [-0.25, -0.2) is 0 Å². The highest BCUT2D eigenvalue weighted by atomic mass is 16.6. The van der Waals surface area contributed by atoms with Crippen LogP contribution in [0.4, 0.5) is 0 Å². The normalized spacial score (nSPS) is 11.3. The van der Waals surface area contributed by atoms with Crippen LogP contribution < -0.4 is 5.73 Å². The highest BCUT2D eigenvalue weighted by molar-refractivity contribution is 5.69. The molecule has 15 heteroatoms. The van der Waals surface area contributed by atoms with Crippen LogP contribution in [0.25, 0.3) is 0 Å². The number of rotatable bonds is 35. The molecule has 0 saturated heterocycles. The first-order valence-electron chi connectivity index (χ1n) is 14.9. The van der Waals surface area contributed by atoms with E-state index in [0.717, 1.165) is 19.6 Å². The number of methoxy groups -OCH3 is 2. The van der Waals surface area contributed by atoms with Crippen LogP contribution in [0.15, 0.2) is 0 Å². The lowest BCUT2D eigenvalue weighted by atomic mass is 10.4. The maximum absolute atomic E-state index is 11.0.